The molecule has 0 spiro atoms. The van der Waals surface area contributed by atoms with Crippen molar-refractivity contribution in [1.82, 2.24) is 0 Å². The van der Waals surface area contributed by atoms with Crippen LogP contribution in [0.2, 0.25) is 0 Å². The molecule has 0 radical (unpaired) electrons. The number of carbonyl (C=O) groups excluding carboxylic acids is 1. The summed E-state index contributed by atoms with van der Waals surface area (Å²) in [4.78, 5) is 19.7. The molecule has 1 fully saturated rings. The minimum absolute atomic E-state index is 0.0463. The van der Waals surface area contributed by atoms with Crippen LogP contribution < -0.4 is 0 Å². The second-order valence-corrected chi connectivity index (χ2v) is 2.87. The Morgan fingerprint density at radius 1 is 1.69 bits per heavy atom. The Morgan fingerprint density at radius 3 is 2.54 bits per heavy atom. The summed E-state index contributed by atoms with van der Waals surface area (Å²) in [7, 11) is 0. The van der Waals surface area contributed by atoms with Crippen LogP contribution in [0.5, 0.6) is 0 Å². The van der Waals surface area contributed by atoms with Gasteiger partial charge in [-0.2, -0.15) is 0 Å². The molecule has 0 aliphatic carbocycles. The number of carboxylic acid groups (broad SMARTS) is 1. The van der Waals surface area contributed by atoms with Crippen LogP contribution in [0.15, 0.2) is 12.2 Å². The van der Waals surface area contributed by atoms with Crippen LogP contribution in [0.25, 0.3) is 0 Å². The highest BCUT2D eigenvalue weighted by molar-refractivity contribution is 9.09. The Hall–Kier alpha value is -0.840. The number of carbonyl (C=O) groups is 2. The molecule has 5 heteroatoms. The molecule has 0 aromatic carbocycles. The topological polar surface area (TPSA) is 63.6 Å². The molecule has 1 aliphatic heterocycles. The summed E-state index contributed by atoms with van der Waals surface area (Å²) in [6.07, 6.45) is 4.15. The number of hydrogen-bond acceptors (Lipinski definition) is 3. The molecule has 1 N–H and O–H groups in total. The molecule has 1 saturated heterocycles. The lowest BCUT2D eigenvalue weighted by Crippen LogP contribution is -1.88. The molecule has 0 saturated carbocycles. The molecular formula is C8H11BrO4. The first-order valence-corrected chi connectivity index (χ1v) is 4.90. The Labute approximate surface area is 84.7 Å². The van der Waals surface area contributed by atoms with Crippen molar-refractivity contribution in [3.63, 3.8) is 0 Å². The summed E-state index contributed by atoms with van der Waals surface area (Å²) in [5.74, 6) is -0.950. The van der Waals surface area contributed by atoms with Gasteiger partial charge in [-0.25, -0.2) is 4.79 Å². The molecule has 4 nitrogen and oxygen atoms in total. The Balaban J connectivity index is 0.000000223. The standard InChI is InChI=1S/C4H5BrO2.C4H6O2/c5-3-1-2-4(6)7;5-4-2-1-3-6-4/h1-2H,3H2,(H,6,7);1-3H2/b2-1+;. The lowest BCUT2D eigenvalue weighted by Gasteiger charge is -1.81. The van der Waals surface area contributed by atoms with E-state index in [1.807, 2.05) is 0 Å². The van der Waals surface area contributed by atoms with E-state index >= 15 is 0 Å². The average molecular weight is 251 g/mol. The van der Waals surface area contributed by atoms with E-state index in [9.17, 15) is 9.59 Å². The van der Waals surface area contributed by atoms with Gasteiger partial charge in [0.15, 0.2) is 0 Å². The first-order chi connectivity index (χ1) is 6.16. The number of cyclic esters (lactones) is 1. The number of rotatable bonds is 2. The van der Waals surface area contributed by atoms with Crippen LogP contribution in [-0.4, -0.2) is 29.0 Å². The van der Waals surface area contributed by atoms with Crippen LogP contribution in [0.3, 0.4) is 0 Å². The van der Waals surface area contributed by atoms with Gasteiger partial charge in [0.1, 0.15) is 0 Å². The first-order valence-electron chi connectivity index (χ1n) is 3.78. The van der Waals surface area contributed by atoms with E-state index in [0.717, 1.165) is 12.5 Å². The predicted molar refractivity (Wildman–Crippen MR) is 50.8 cm³/mol. The fourth-order valence-corrected chi connectivity index (χ4v) is 0.807. The maximum Gasteiger partial charge on any atom is 0.328 e. The Kier molecular flexibility index (Phi) is 7.29. The largest absolute Gasteiger partial charge is 0.478 e. The molecule has 0 amide bonds. The third-order valence-electron chi connectivity index (χ3n) is 1.14. The monoisotopic (exact) mass is 250 g/mol. The summed E-state index contributed by atoms with van der Waals surface area (Å²) < 4.78 is 4.51. The number of hydrogen-bond donors (Lipinski definition) is 1. The summed E-state index contributed by atoms with van der Waals surface area (Å²) in [6.45, 7) is 0.638. The fourth-order valence-electron chi connectivity index (χ4n) is 0.620. The van der Waals surface area contributed by atoms with Crippen LogP contribution >= 0.6 is 15.9 Å². The maximum atomic E-state index is 10.0. The summed E-state index contributed by atoms with van der Waals surface area (Å²) in [5.41, 5.74) is 0. The van der Waals surface area contributed by atoms with E-state index in [2.05, 4.69) is 20.7 Å². The van der Waals surface area contributed by atoms with Crippen molar-refractivity contribution in [3.8, 4) is 0 Å². The number of carboxylic acids is 1. The zero-order valence-electron chi connectivity index (χ0n) is 7.03. The van der Waals surface area contributed by atoms with Crippen molar-refractivity contribution in [3.05, 3.63) is 12.2 Å². The molecule has 0 atom stereocenters. The summed E-state index contributed by atoms with van der Waals surface area (Å²) in [6, 6.07) is 0. The SMILES string of the molecule is O=C(O)/C=C/CBr.O=C1CCCO1. The quantitative estimate of drug-likeness (QED) is 0.457. The van der Waals surface area contributed by atoms with Gasteiger partial charge >= 0.3 is 11.9 Å². The minimum Gasteiger partial charge on any atom is -0.478 e. The lowest BCUT2D eigenvalue weighted by molar-refractivity contribution is -0.138. The molecule has 1 heterocycles. The maximum absolute atomic E-state index is 10.0. The van der Waals surface area contributed by atoms with Crippen LogP contribution in [0.4, 0.5) is 0 Å². The number of aliphatic carboxylic acids is 1. The normalized spacial score (nSPS) is 15.0. The zero-order valence-corrected chi connectivity index (χ0v) is 8.62. The second kappa shape index (κ2) is 7.79. The molecule has 0 unspecified atom stereocenters. The van der Waals surface area contributed by atoms with Gasteiger partial charge in [-0.1, -0.05) is 22.0 Å². The number of esters is 1. The van der Waals surface area contributed by atoms with Crippen LogP contribution in [0.1, 0.15) is 12.8 Å². The van der Waals surface area contributed by atoms with Gasteiger partial charge in [-0.15, -0.1) is 0 Å². The number of alkyl halides is 1. The molecule has 13 heavy (non-hydrogen) atoms. The van der Waals surface area contributed by atoms with E-state index in [1.54, 1.807) is 0 Å². The number of allylic oxidation sites excluding steroid dienone is 1. The van der Waals surface area contributed by atoms with Crippen molar-refractivity contribution >= 4 is 27.9 Å². The van der Waals surface area contributed by atoms with Crippen LogP contribution in [-0.2, 0) is 14.3 Å². The first kappa shape index (κ1) is 12.2. The Morgan fingerprint density at radius 2 is 2.38 bits per heavy atom. The number of halogens is 1. The molecule has 0 aromatic heterocycles. The third kappa shape index (κ3) is 9.07. The molecular weight excluding hydrogens is 240 g/mol. The van der Waals surface area contributed by atoms with Crippen molar-refractivity contribution in [2.75, 3.05) is 11.9 Å². The highest BCUT2D eigenvalue weighted by Gasteiger charge is 2.08. The number of ether oxygens (including phenoxy) is 1. The smallest absolute Gasteiger partial charge is 0.328 e. The van der Waals surface area contributed by atoms with Gasteiger partial charge in [0.05, 0.1) is 6.61 Å². The van der Waals surface area contributed by atoms with Gasteiger partial charge < -0.3 is 9.84 Å². The van der Waals surface area contributed by atoms with E-state index < -0.39 is 5.97 Å². The van der Waals surface area contributed by atoms with E-state index in [0.29, 0.717) is 18.4 Å². The molecule has 74 valence electrons. The van der Waals surface area contributed by atoms with E-state index in [-0.39, 0.29) is 5.97 Å². The van der Waals surface area contributed by atoms with E-state index in [4.69, 9.17) is 5.11 Å². The van der Waals surface area contributed by atoms with Crippen molar-refractivity contribution in [2.24, 2.45) is 0 Å². The predicted octanol–water partition coefficient (Wildman–Crippen LogP) is 1.35. The fraction of sp³-hybridized carbons (Fsp3) is 0.500. The van der Waals surface area contributed by atoms with Crippen molar-refractivity contribution in [1.29, 1.82) is 0 Å². The molecule has 0 bridgehead atoms. The highest BCUT2D eigenvalue weighted by Crippen LogP contribution is 2.01. The lowest BCUT2D eigenvalue weighted by atomic mass is 10.4. The zero-order chi connectivity index (χ0) is 10.1. The molecule has 1 rings (SSSR count). The van der Waals surface area contributed by atoms with Gasteiger partial charge in [0.25, 0.3) is 0 Å². The van der Waals surface area contributed by atoms with Crippen LogP contribution in [0, 0.1) is 0 Å². The van der Waals surface area contributed by atoms with Crippen molar-refractivity contribution in [2.45, 2.75) is 12.8 Å². The van der Waals surface area contributed by atoms with Gasteiger partial charge in [0.2, 0.25) is 0 Å². The van der Waals surface area contributed by atoms with Crippen molar-refractivity contribution < 1.29 is 19.4 Å². The highest BCUT2D eigenvalue weighted by atomic mass is 79.9. The molecule has 0 aromatic rings. The molecule has 1 aliphatic rings. The second-order valence-electron chi connectivity index (χ2n) is 2.22. The van der Waals surface area contributed by atoms with Gasteiger partial charge in [-0.3, -0.25) is 4.79 Å². The summed E-state index contributed by atoms with van der Waals surface area (Å²) in [5, 5.41) is 8.53. The van der Waals surface area contributed by atoms with Gasteiger partial charge in [-0.05, 0) is 6.42 Å². The third-order valence-corrected chi connectivity index (χ3v) is 1.51. The summed E-state index contributed by atoms with van der Waals surface area (Å²) >= 11 is 3.03. The van der Waals surface area contributed by atoms with E-state index in [1.165, 1.54) is 6.08 Å². The minimum atomic E-state index is -0.903. The average Bonchev–Trinajstić information content (AvgIpc) is 2.53. The Bertz CT molecular complexity index is 192. The van der Waals surface area contributed by atoms with Gasteiger partial charge in [0, 0.05) is 17.8 Å².